The molecule has 0 saturated carbocycles. The second-order valence-electron chi connectivity index (χ2n) is 8.89. The lowest BCUT2D eigenvalue weighted by molar-refractivity contribution is -0.256. The molecule has 2 N–H and O–H groups in total. The van der Waals surface area contributed by atoms with E-state index in [2.05, 4.69) is 6.92 Å². The van der Waals surface area contributed by atoms with Crippen molar-refractivity contribution >= 4 is 5.97 Å². The number of ether oxygens (including phenoxy) is 1. The molecule has 1 aliphatic heterocycles. The standard InChI is InChI=1S/C22H43NO4/c1-4-5-6-7-8-9-10-11-12-13-14-17-22(18-15-16-20(24)25)23(26)21(2,3)19-27-22/h26H,4-19H2,1-3H3,(H,24,25)/t22-/m1/s1. The summed E-state index contributed by atoms with van der Waals surface area (Å²) in [7, 11) is 0. The molecule has 5 nitrogen and oxygen atoms in total. The average Bonchev–Trinajstić information content (AvgIpc) is 2.84. The van der Waals surface area contributed by atoms with Crippen molar-refractivity contribution in [2.75, 3.05) is 6.61 Å². The molecular weight excluding hydrogens is 342 g/mol. The van der Waals surface area contributed by atoms with Gasteiger partial charge in [-0.3, -0.25) is 4.79 Å². The van der Waals surface area contributed by atoms with E-state index in [1.807, 2.05) is 13.8 Å². The van der Waals surface area contributed by atoms with Crippen LogP contribution in [0.25, 0.3) is 0 Å². The molecule has 1 atom stereocenters. The molecule has 0 aromatic rings. The van der Waals surface area contributed by atoms with Crippen LogP contribution in [0.2, 0.25) is 0 Å². The molecule has 1 aliphatic rings. The topological polar surface area (TPSA) is 70.0 Å². The summed E-state index contributed by atoms with van der Waals surface area (Å²) < 4.78 is 6.02. The summed E-state index contributed by atoms with van der Waals surface area (Å²) in [6, 6.07) is 0. The number of hydroxylamine groups is 2. The first-order valence-electron chi connectivity index (χ1n) is 11.2. The lowest BCUT2D eigenvalue weighted by Crippen LogP contribution is -2.50. The number of nitrogens with zero attached hydrogens (tertiary/aromatic N) is 1. The lowest BCUT2D eigenvalue weighted by atomic mass is 9.95. The van der Waals surface area contributed by atoms with Gasteiger partial charge in [-0.25, -0.2) is 0 Å². The fourth-order valence-electron chi connectivity index (χ4n) is 4.05. The van der Waals surface area contributed by atoms with Crippen LogP contribution < -0.4 is 0 Å². The van der Waals surface area contributed by atoms with Gasteiger partial charge >= 0.3 is 5.97 Å². The van der Waals surface area contributed by atoms with Crippen LogP contribution in [0.15, 0.2) is 0 Å². The Morgan fingerprint density at radius 2 is 1.37 bits per heavy atom. The molecule has 27 heavy (non-hydrogen) atoms. The van der Waals surface area contributed by atoms with Crippen molar-refractivity contribution in [3.63, 3.8) is 0 Å². The minimum absolute atomic E-state index is 0.123. The van der Waals surface area contributed by atoms with Crippen LogP contribution in [0.4, 0.5) is 0 Å². The maximum absolute atomic E-state index is 10.8. The summed E-state index contributed by atoms with van der Waals surface area (Å²) in [6.45, 7) is 6.66. The van der Waals surface area contributed by atoms with Crippen LogP contribution >= 0.6 is 0 Å². The molecule has 0 amide bonds. The molecule has 5 heteroatoms. The highest BCUT2D eigenvalue weighted by Gasteiger charge is 2.50. The monoisotopic (exact) mass is 385 g/mol. The molecule has 0 bridgehead atoms. The predicted molar refractivity (Wildman–Crippen MR) is 109 cm³/mol. The Kier molecular flexibility index (Phi) is 11.5. The third kappa shape index (κ3) is 8.93. The molecule has 0 aromatic heterocycles. The molecule has 1 rings (SSSR count). The Morgan fingerprint density at radius 1 is 0.889 bits per heavy atom. The minimum atomic E-state index is -0.790. The highest BCUT2D eigenvalue weighted by Crippen LogP contribution is 2.40. The van der Waals surface area contributed by atoms with E-state index in [9.17, 15) is 10.0 Å². The molecule has 0 radical (unpaired) electrons. The molecule has 0 aliphatic carbocycles. The third-order valence-electron chi connectivity index (χ3n) is 5.78. The Balaban J connectivity index is 2.23. The molecular formula is C22H43NO4. The van der Waals surface area contributed by atoms with Gasteiger partial charge in [0.25, 0.3) is 0 Å². The van der Waals surface area contributed by atoms with Gasteiger partial charge in [0.15, 0.2) is 0 Å². The summed E-state index contributed by atoms with van der Waals surface area (Å²) >= 11 is 0. The van der Waals surface area contributed by atoms with Crippen LogP contribution in [0.3, 0.4) is 0 Å². The van der Waals surface area contributed by atoms with Crippen molar-refractivity contribution in [1.82, 2.24) is 5.06 Å². The van der Waals surface area contributed by atoms with Gasteiger partial charge in [0.2, 0.25) is 0 Å². The number of hydrogen-bond donors (Lipinski definition) is 2. The fraction of sp³-hybridized carbons (Fsp3) is 0.955. The van der Waals surface area contributed by atoms with Crippen LogP contribution in [-0.4, -0.2) is 39.2 Å². The second kappa shape index (κ2) is 12.7. The van der Waals surface area contributed by atoms with Gasteiger partial charge in [-0.2, -0.15) is 5.06 Å². The first-order valence-corrected chi connectivity index (χ1v) is 11.2. The molecule has 0 aromatic carbocycles. The van der Waals surface area contributed by atoms with E-state index in [0.29, 0.717) is 19.4 Å². The quantitative estimate of drug-likeness (QED) is 0.312. The zero-order valence-electron chi connectivity index (χ0n) is 18.0. The third-order valence-corrected chi connectivity index (χ3v) is 5.78. The molecule has 1 fully saturated rings. The highest BCUT2D eigenvalue weighted by molar-refractivity contribution is 5.66. The number of rotatable bonds is 16. The van der Waals surface area contributed by atoms with E-state index < -0.39 is 17.2 Å². The van der Waals surface area contributed by atoms with E-state index in [4.69, 9.17) is 9.84 Å². The predicted octanol–water partition coefficient (Wildman–Crippen LogP) is 6.14. The number of hydrogen-bond acceptors (Lipinski definition) is 4. The van der Waals surface area contributed by atoms with E-state index in [1.54, 1.807) is 0 Å². The number of unbranched alkanes of at least 4 members (excludes halogenated alkanes) is 10. The largest absolute Gasteiger partial charge is 0.481 e. The van der Waals surface area contributed by atoms with Crippen molar-refractivity contribution in [3.05, 3.63) is 0 Å². The average molecular weight is 386 g/mol. The number of carboxylic acids is 1. The van der Waals surface area contributed by atoms with Crippen molar-refractivity contribution in [2.24, 2.45) is 0 Å². The van der Waals surface area contributed by atoms with Crippen LogP contribution in [0, 0.1) is 0 Å². The number of aliphatic carboxylic acids is 1. The van der Waals surface area contributed by atoms with E-state index in [-0.39, 0.29) is 6.42 Å². The Labute approximate surface area is 166 Å². The molecule has 1 saturated heterocycles. The maximum atomic E-state index is 10.8. The van der Waals surface area contributed by atoms with Gasteiger partial charge in [-0.1, -0.05) is 71.1 Å². The van der Waals surface area contributed by atoms with Gasteiger partial charge in [-0.15, -0.1) is 0 Å². The van der Waals surface area contributed by atoms with Crippen molar-refractivity contribution in [3.8, 4) is 0 Å². The van der Waals surface area contributed by atoms with Crippen molar-refractivity contribution in [1.29, 1.82) is 0 Å². The zero-order valence-corrected chi connectivity index (χ0v) is 18.0. The van der Waals surface area contributed by atoms with Gasteiger partial charge in [-0.05, 0) is 39.5 Å². The lowest BCUT2D eigenvalue weighted by Gasteiger charge is -2.37. The summed E-state index contributed by atoms with van der Waals surface area (Å²) in [6.07, 6.45) is 16.2. The van der Waals surface area contributed by atoms with Crippen LogP contribution in [0.5, 0.6) is 0 Å². The number of carbonyl (C=O) groups is 1. The molecule has 1 heterocycles. The van der Waals surface area contributed by atoms with Crippen molar-refractivity contribution in [2.45, 2.75) is 128 Å². The highest BCUT2D eigenvalue weighted by atomic mass is 16.6. The second-order valence-corrected chi connectivity index (χ2v) is 8.89. The Bertz CT molecular complexity index is 413. The van der Waals surface area contributed by atoms with E-state index in [0.717, 1.165) is 19.3 Å². The molecule has 0 unspecified atom stereocenters. The molecule has 0 spiro atoms. The summed E-state index contributed by atoms with van der Waals surface area (Å²) in [5.41, 5.74) is -1.13. The van der Waals surface area contributed by atoms with Crippen molar-refractivity contribution < 1.29 is 19.8 Å². The SMILES string of the molecule is CCCCCCCCCCCCC[C@]1(CCCC(=O)O)OCC(C)(C)N1O. The maximum Gasteiger partial charge on any atom is 0.303 e. The Morgan fingerprint density at radius 3 is 1.81 bits per heavy atom. The van der Waals surface area contributed by atoms with Gasteiger partial charge in [0.05, 0.1) is 12.1 Å². The number of carboxylic acid groups (broad SMARTS) is 1. The minimum Gasteiger partial charge on any atom is -0.481 e. The zero-order chi connectivity index (χ0) is 20.2. The smallest absolute Gasteiger partial charge is 0.303 e. The summed E-state index contributed by atoms with van der Waals surface area (Å²) in [5.74, 6) is -0.790. The fourth-order valence-corrected chi connectivity index (χ4v) is 4.05. The summed E-state index contributed by atoms with van der Waals surface area (Å²) in [5, 5.41) is 20.9. The van der Waals surface area contributed by atoms with Gasteiger partial charge < -0.3 is 15.1 Å². The first kappa shape index (κ1) is 24.4. The Hall–Kier alpha value is -0.650. The molecule has 160 valence electrons. The normalized spacial score (nSPS) is 22.4. The van der Waals surface area contributed by atoms with E-state index in [1.165, 1.54) is 62.9 Å². The van der Waals surface area contributed by atoms with Gasteiger partial charge in [0.1, 0.15) is 5.72 Å². The van der Waals surface area contributed by atoms with Gasteiger partial charge in [0, 0.05) is 6.42 Å². The first-order chi connectivity index (χ1) is 12.8. The van der Waals surface area contributed by atoms with Crippen LogP contribution in [-0.2, 0) is 9.53 Å². The van der Waals surface area contributed by atoms with E-state index >= 15 is 0 Å². The summed E-state index contributed by atoms with van der Waals surface area (Å²) in [4.78, 5) is 10.8. The van der Waals surface area contributed by atoms with Crippen LogP contribution in [0.1, 0.15) is 117 Å².